The zero-order chi connectivity index (χ0) is 12.4. The Labute approximate surface area is 103 Å². The van der Waals surface area contributed by atoms with Crippen molar-refractivity contribution in [1.82, 2.24) is 0 Å². The minimum Gasteiger partial charge on any atom is -0.459 e. The molecule has 2 aromatic rings. The van der Waals surface area contributed by atoms with Gasteiger partial charge < -0.3 is 10.2 Å². The van der Waals surface area contributed by atoms with Crippen LogP contribution in [0.15, 0.2) is 28.7 Å². The summed E-state index contributed by atoms with van der Waals surface area (Å²) >= 11 is 0. The Balaban J connectivity index is 2.27. The molecule has 0 aliphatic heterocycles. The molecule has 1 aromatic carbocycles. The molecule has 2 rings (SSSR count). The molecule has 92 valence electrons. The first-order valence-electron chi connectivity index (χ1n) is 6.36. The highest BCUT2D eigenvalue weighted by molar-refractivity contribution is 5.80. The van der Waals surface area contributed by atoms with E-state index in [1.54, 1.807) is 0 Å². The quantitative estimate of drug-likeness (QED) is 0.857. The van der Waals surface area contributed by atoms with Crippen LogP contribution in [0.4, 0.5) is 0 Å². The van der Waals surface area contributed by atoms with Crippen molar-refractivity contribution >= 4 is 11.0 Å². The van der Waals surface area contributed by atoms with Gasteiger partial charge in [0.15, 0.2) is 0 Å². The highest BCUT2D eigenvalue weighted by Crippen LogP contribution is 2.28. The van der Waals surface area contributed by atoms with Gasteiger partial charge in [-0.05, 0) is 30.9 Å². The van der Waals surface area contributed by atoms with Crippen molar-refractivity contribution in [2.75, 3.05) is 0 Å². The lowest BCUT2D eigenvalue weighted by Gasteiger charge is -2.13. The second-order valence-electron chi connectivity index (χ2n) is 5.00. The largest absolute Gasteiger partial charge is 0.459 e. The van der Waals surface area contributed by atoms with Crippen molar-refractivity contribution in [2.45, 2.75) is 39.7 Å². The molecule has 2 nitrogen and oxygen atoms in total. The van der Waals surface area contributed by atoms with Gasteiger partial charge in [0, 0.05) is 5.39 Å². The van der Waals surface area contributed by atoms with Crippen molar-refractivity contribution in [2.24, 2.45) is 11.7 Å². The maximum atomic E-state index is 6.19. The molecule has 0 saturated heterocycles. The average Bonchev–Trinajstić information content (AvgIpc) is 2.74. The van der Waals surface area contributed by atoms with Crippen molar-refractivity contribution in [1.29, 1.82) is 0 Å². The number of para-hydroxylation sites is 1. The lowest BCUT2D eigenvalue weighted by molar-refractivity contribution is 0.408. The molecule has 1 aromatic heterocycles. The number of hydrogen-bond acceptors (Lipinski definition) is 2. The maximum absolute atomic E-state index is 6.19. The predicted octanol–water partition coefficient (Wildman–Crippen LogP) is 4.18. The molecule has 0 bridgehead atoms. The summed E-state index contributed by atoms with van der Waals surface area (Å²) in [4.78, 5) is 0. The van der Waals surface area contributed by atoms with Crippen LogP contribution in [0.2, 0.25) is 0 Å². The molecule has 0 aliphatic carbocycles. The van der Waals surface area contributed by atoms with Crippen molar-refractivity contribution < 1.29 is 4.42 Å². The summed E-state index contributed by atoms with van der Waals surface area (Å²) in [5.74, 6) is 1.55. The molecule has 0 spiro atoms. The van der Waals surface area contributed by atoms with Crippen molar-refractivity contribution in [3.05, 3.63) is 35.6 Å². The molecule has 0 aliphatic rings. The predicted molar refractivity (Wildman–Crippen MR) is 72.0 cm³/mol. The second-order valence-corrected chi connectivity index (χ2v) is 5.00. The van der Waals surface area contributed by atoms with E-state index in [2.05, 4.69) is 45.0 Å². The second kappa shape index (κ2) is 4.92. The van der Waals surface area contributed by atoms with E-state index >= 15 is 0 Å². The van der Waals surface area contributed by atoms with Gasteiger partial charge in [0.1, 0.15) is 11.3 Å². The molecule has 17 heavy (non-hydrogen) atoms. The Kier molecular flexibility index (Phi) is 3.53. The fourth-order valence-electron chi connectivity index (χ4n) is 2.13. The Hall–Kier alpha value is -1.28. The third-order valence-corrected chi connectivity index (χ3v) is 3.48. The van der Waals surface area contributed by atoms with Gasteiger partial charge in [-0.15, -0.1) is 0 Å². The molecular weight excluding hydrogens is 210 g/mol. The summed E-state index contributed by atoms with van der Waals surface area (Å²) in [5, 5.41) is 1.15. The molecule has 0 fully saturated rings. The zero-order valence-corrected chi connectivity index (χ0v) is 10.9. The van der Waals surface area contributed by atoms with Crippen LogP contribution in [0, 0.1) is 12.8 Å². The monoisotopic (exact) mass is 231 g/mol. The van der Waals surface area contributed by atoms with Crippen LogP contribution in [0.25, 0.3) is 11.0 Å². The number of rotatable bonds is 4. The van der Waals surface area contributed by atoms with E-state index < -0.39 is 0 Å². The number of aryl methyl sites for hydroxylation is 1. The normalized spacial score (nSPS) is 15.1. The number of benzene rings is 1. The molecule has 1 heterocycles. The Morgan fingerprint density at radius 2 is 2.12 bits per heavy atom. The third kappa shape index (κ3) is 2.52. The van der Waals surface area contributed by atoms with Gasteiger partial charge >= 0.3 is 0 Å². The van der Waals surface area contributed by atoms with E-state index in [1.165, 1.54) is 5.56 Å². The molecule has 2 unspecified atom stereocenters. The first kappa shape index (κ1) is 12.2. The van der Waals surface area contributed by atoms with Gasteiger partial charge in [-0.3, -0.25) is 0 Å². The van der Waals surface area contributed by atoms with Crippen LogP contribution >= 0.6 is 0 Å². The van der Waals surface area contributed by atoms with Crippen LogP contribution in [0.1, 0.15) is 44.1 Å². The summed E-state index contributed by atoms with van der Waals surface area (Å²) < 4.78 is 5.88. The standard InChI is InChI=1S/C15H21NO/c1-4-10(2)8-13(16)14-9-12-7-5-6-11(3)15(12)17-14/h5-7,9-10,13H,4,8,16H2,1-3H3. The highest BCUT2D eigenvalue weighted by atomic mass is 16.3. The Morgan fingerprint density at radius 1 is 1.35 bits per heavy atom. The smallest absolute Gasteiger partial charge is 0.137 e. The van der Waals surface area contributed by atoms with Crippen LogP contribution in [-0.2, 0) is 0 Å². The van der Waals surface area contributed by atoms with Crippen LogP contribution < -0.4 is 5.73 Å². The Bertz CT molecular complexity index is 501. The average molecular weight is 231 g/mol. The number of furan rings is 1. The molecule has 0 radical (unpaired) electrons. The summed E-state index contributed by atoms with van der Waals surface area (Å²) in [6.45, 7) is 6.49. The van der Waals surface area contributed by atoms with Crippen molar-refractivity contribution in [3.8, 4) is 0 Å². The van der Waals surface area contributed by atoms with Gasteiger partial charge in [-0.1, -0.05) is 38.5 Å². The maximum Gasteiger partial charge on any atom is 0.137 e. The number of hydrogen-bond donors (Lipinski definition) is 1. The van der Waals surface area contributed by atoms with E-state index in [9.17, 15) is 0 Å². The van der Waals surface area contributed by atoms with Gasteiger partial charge in [0.25, 0.3) is 0 Å². The Morgan fingerprint density at radius 3 is 2.76 bits per heavy atom. The molecule has 2 atom stereocenters. The molecule has 2 heteroatoms. The minimum absolute atomic E-state index is 0.0109. The van der Waals surface area contributed by atoms with Gasteiger partial charge in [-0.2, -0.15) is 0 Å². The fourth-order valence-corrected chi connectivity index (χ4v) is 2.13. The van der Waals surface area contributed by atoms with Crippen LogP contribution in [0.5, 0.6) is 0 Å². The molecule has 2 N–H and O–H groups in total. The summed E-state index contributed by atoms with van der Waals surface area (Å²) in [6, 6.07) is 8.28. The number of nitrogens with two attached hydrogens (primary N) is 1. The van der Waals surface area contributed by atoms with E-state index in [0.29, 0.717) is 5.92 Å². The molecular formula is C15H21NO. The van der Waals surface area contributed by atoms with Crippen LogP contribution in [0.3, 0.4) is 0 Å². The minimum atomic E-state index is 0.0109. The van der Waals surface area contributed by atoms with E-state index in [4.69, 9.17) is 10.2 Å². The lowest BCUT2D eigenvalue weighted by Crippen LogP contribution is -2.12. The van der Waals surface area contributed by atoms with Gasteiger partial charge in [0.2, 0.25) is 0 Å². The zero-order valence-electron chi connectivity index (χ0n) is 10.9. The van der Waals surface area contributed by atoms with Crippen molar-refractivity contribution in [3.63, 3.8) is 0 Å². The number of fused-ring (bicyclic) bond motifs is 1. The van der Waals surface area contributed by atoms with Gasteiger partial charge in [0.05, 0.1) is 6.04 Å². The SMILES string of the molecule is CCC(C)CC(N)c1cc2cccc(C)c2o1. The summed E-state index contributed by atoms with van der Waals surface area (Å²) in [6.07, 6.45) is 2.14. The third-order valence-electron chi connectivity index (χ3n) is 3.48. The van der Waals surface area contributed by atoms with Crippen LogP contribution in [-0.4, -0.2) is 0 Å². The topological polar surface area (TPSA) is 39.2 Å². The first-order chi connectivity index (χ1) is 8.11. The van der Waals surface area contributed by atoms with Gasteiger partial charge in [-0.25, -0.2) is 0 Å². The summed E-state index contributed by atoms with van der Waals surface area (Å²) in [7, 11) is 0. The summed E-state index contributed by atoms with van der Waals surface area (Å²) in [5.41, 5.74) is 8.34. The molecule has 0 amide bonds. The highest BCUT2D eigenvalue weighted by Gasteiger charge is 2.15. The fraction of sp³-hybridized carbons (Fsp3) is 0.467. The first-order valence-corrected chi connectivity index (χ1v) is 6.36. The van der Waals surface area contributed by atoms with E-state index in [0.717, 1.165) is 29.6 Å². The molecule has 0 saturated carbocycles. The van der Waals surface area contributed by atoms with E-state index in [-0.39, 0.29) is 6.04 Å². The van der Waals surface area contributed by atoms with E-state index in [1.807, 2.05) is 0 Å². The lowest BCUT2D eigenvalue weighted by atomic mass is 9.98.